The Hall–Kier alpha value is -1.03. The van der Waals surface area contributed by atoms with Gasteiger partial charge in [0, 0.05) is 19.0 Å². The van der Waals surface area contributed by atoms with Crippen LogP contribution in [-0.4, -0.2) is 48.5 Å². The van der Waals surface area contributed by atoms with Gasteiger partial charge in [0.25, 0.3) is 0 Å². The largest absolute Gasteiger partial charge is 0.354 e. The summed E-state index contributed by atoms with van der Waals surface area (Å²) in [4.78, 5) is 19.0. The SMILES string of the molecule is CCCC[P+](CCCC)(CCCC)Cc1ccc(NC(=O)[C@H](CC(C)C)NC(=NC2CCCCC2)NC2CCCCC2)cc1.Cl.Cl. The zero-order valence-corrected chi connectivity index (χ0v) is 32.6. The number of nitrogens with zero attached hydrogens (tertiary/aromatic N) is 1. The van der Waals surface area contributed by atoms with Gasteiger partial charge in [-0.25, -0.2) is 4.99 Å². The first-order chi connectivity index (χ1) is 21.4. The molecule has 0 aromatic heterocycles. The summed E-state index contributed by atoms with van der Waals surface area (Å²) < 4.78 is 0. The van der Waals surface area contributed by atoms with E-state index in [1.807, 2.05) is 0 Å². The highest BCUT2D eigenvalue weighted by Gasteiger charge is 2.35. The molecule has 1 aromatic carbocycles. The second kappa shape index (κ2) is 24.2. The van der Waals surface area contributed by atoms with E-state index in [1.165, 1.54) is 120 Å². The number of carbonyl (C=O) groups is 1. The summed E-state index contributed by atoms with van der Waals surface area (Å²) in [6, 6.07) is 9.37. The molecular formula is C38H70Cl2N4OP+. The zero-order valence-electron chi connectivity index (χ0n) is 30.1. The molecule has 2 aliphatic rings. The van der Waals surface area contributed by atoms with Gasteiger partial charge in [-0.05, 0) is 75.0 Å². The monoisotopic (exact) mass is 699 g/mol. The van der Waals surface area contributed by atoms with Gasteiger partial charge in [-0.2, -0.15) is 0 Å². The molecule has 0 unspecified atom stereocenters. The van der Waals surface area contributed by atoms with Gasteiger partial charge >= 0.3 is 0 Å². The highest BCUT2D eigenvalue weighted by atomic mass is 35.5. The van der Waals surface area contributed by atoms with Crippen LogP contribution in [0.1, 0.15) is 149 Å². The quantitative estimate of drug-likeness (QED) is 0.0811. The predicted molar refractivity (Wildman–Crippen MR) is 210 cm³/mol. The maximum atomic E-state index is 13.8. The second-order valence-corrected chi connectivity index (χ2v) is 18.8. The molecule has 3 N–H and O–H groups in total. The Balaban J connectivity index is 0.00000529. The van der Waals surface area contributed by atoms with E-state index >= 15 is 0 Å². The van der Waals surface area contributed by atoms with E-state index in [2.05, 4.69) is 74.8 Å². The second-order valence-electron chi connectivity index (χ2n) is 14.5. The topological polar surface area (TPSA) is 65.5 Å². The standard InChI is InChI=1S/C38H67N4OP.2ClH/c1-6-9-26-44(27-10-7-2,28-11-8-3)30-32-22-24-35(25-23-32)39-37(43)36(29-31(4)5)42-38(40-33-18-14-12-15-19-33)41-34-20-16-13-17-21-34;;/h22-25,31,33-34,36H,6-21,26-30H2,1-5H3,(H2-,39,40,41,42,43);2*1H/p+1/t36-;;/m0../s1. The Morgan fingerprint density at radius 3 is 1.83 bits per heavy atom. The molecule has 1 amide bonds. The molecule has 266 valence electrons. The lowest BCUT2D eigenvalue weighted by molar-refractivity contribution is -0.118. The summed E-state index contributed by atoms with van der Waals surface area (Å²) in [5.74, 6) is 1.30. The molecule has 2 aliphatic carbocycles. The molecule has 1 aromatic rings. The third-order valence-electron chi connectivity index (χ3n) is 9.86. The van der Waals surface area contributed by atoms with Crippen molar-refractivity contribution < 1.29 is 4.79 Å². The van der Waals surface area contributed by atoms with Crippen LogP contribution in [0.25, 0.3) is 0 Å². The Morgan fingerprint density at radius 1 is 0.804 bits per heavy atom. The number of benzene rings is 1. The molecule has 0 bridgehead atoms. The van der Waals surface area contributed by atoms with Crippen molar-refractivity contribution in [3.63, 3.8) is 0 Å². The van der Waals surface area contributed by atoms with E-state index in [-0.39, 0.29) is 36.8 Å². The van der Waals surface area contributed by atoms with Crippen molar-refractivity contribution in [1.82, 2.24) is 10.6 Å². The molecule has 3 rings (SSSR count). The minimum absolute atomic E-state index is 0. The van der Waals surface area contributed by atoms with Crippen molar-refractivity contribution in [3.05, 3.63) is 29.8 Å². The van der Waals surface area contributed by atoms with Gasteiger partial charge < -0.3 is 16.0 Å². The van der Waals surface area contributed by atoms with Crippen molar-refractivity contribution in [3.8, 4) is 0 Å². The van der Waals surface area contributed by atoms with Crippen LogP contribution in [0.2, 0.25) is 0 Å². The maximum Gasteiger partial charge on any atom is 0.246 e. The van der Waals surface area contributed by atoms with Crippen molar-refractivity contribution in [2.45, 2.75) is 168 Å². The third kappa shape index (κ3) is 15.9. The number of rotatable bonds is 18. The average molecular weight is 701 g/mol. The number of nitrogens with one attached hydrogen (secondary N) is 3. The van der Waals surface area contributed by atoms with Crippen LogP contribution in [0, 0.1) is 5.92 Å². The predicted octanol–water partition coefficient (Wildman–Crippen LogP) is 11.0. The van der Waals surface area contributed by atoms with Gasteiger partial charge in [0.1, 0.15) is 6.04 Å². The molecule has 0 aliphatic heterocycles. The van der Waals surface area contributed by atoms with Crippen LogP contribution >= 0.6 is 32.1 Å². The molecule has 0 saturated heterocycles. The zero-order chi connectivity index (χ0) is 31.6. The number of unbranched alkanes of at least 4 members (excludes halogenated alkanes) is 3. The van der Waals surface area contributed by atoms with Crippen molar-refractivity contribution >= 4 is 49.6 Å². The Morgan fingerprint density at radius 2 is 1.33 bits per heavy atom. The van der Waals surface area contributed by atoms with Gasteiger partial charge in [-0.3, -0.25) is 4.79 Å². The summed E-state index contributed by atoms with van der Waals surface area (Å²) in [6.45, 7) is 11.4. The fraction of sp³-hybridized carbons (Fsp3) is 0.789. The summed E-state index contributed by atoms with van der Waals surface area (Å²) in [5.41, 5.74) is 2.36. The number of hydrogen-bond donors (Lipinski definition) is 3. The summed E-state index contributed by atoms with van der Waals surface area (Å²) in [6.07, 6.45) is 26.7. The number of aliphatic imine (C=N–C) groups is 1. The Kier molecular flexibility index (Phi) is 22.6. The van der Waals surface area contributed by atoms with Crippen LogP contribution in [0.15, 0.2) is 29.3 Å². The Bertz CT molecular complexity index is 940. The molecule has 8 heteroatoms. The van der Waals surface area contributed by atoms with E-state index in [0.717, 1.165) is 30.9 Å². The van der Waals surface area contributed by atoms with Gasteiger partial charge in [0.2, 0.25) is 5.91 Å². The lowest BCUT2D eigenvalue weighted by atomic mass is 9.95. The van der Waals surface area contributed by atoms with E-state index in [1.54, 1.807) is 0 Å². The van der Waals surface area contributed by atoms with Crippen molar-refractivity contribution in [2.24, 2.45) is 10.9 Å². The highest BCUT2D eigenvalue weighted by molar-refractivity contribution is 7.75. The molecule has 2 fully saturated rings. The molecule has 0 spiro atoms. The summed E-state index contributed by atoms with van der Waals surface area (Å²) in [7, 11) is -1.01. The molecule has 0 radical (unpaired) electrons. The van der Waals surface area contributed by atoms with Crippen LogP contribution in [-0.2, 0) is 11.0 Å². The highest BCUT2D eigenvalue weighted by Crippen LogP contribution is 2.63. The maximum absolute atomic E-state index is 13.8. The molecule has 46 heavy (non-hydrogen) atoms. The number of halogens is 2. The van der Waals surface area contributed by atoms with Crippen molar-refractivity contribution in [1.29, 1.82) is 0 Å². The van der Waals surface area contributed by atoms with Gasteiger partial charge in [-0.15, -0.1) is 24.8 Å². The first-order valence-electron chi connectivity index (χ1n) is 18.7. The van der Waals surface area contributed by atoms with Crippen LogP contribution in [0.5, 0.6) is 0 Å². The molecule has 0 heterocycles. The summed E-state index contributed by atoms with van der Waals surface area (Å²) in [5, 5.41) is 10.7. The normalized spacial score (nSPS) is 17.1. The van der Waals surface area contributed by atoms with Gasteiger partial charge in [0.05, 0.1) is 30.7 Å². The van der Waals surface area contributed by atoms with Gasteiger partial charge in [0.15, 0.2) is 5.96 Å². The van der Waals surface area contributed by atoms with Crippen LogP contribution in [0.3, 0.4) is 0 Å². The van der Waals surface area contributed by atoms with Crippen molar-refractivity contribution in [2.75, 3.05) is 23.8 Å². The lowest BCUT2D eigenvalue weighted by Crippen LogP contribution is -2.52. The number of carbonyl (C=O) groups excluding carboxylic acids is 1. The van der Waals surface area contributed by atoms with E-state index in [0.29, 0.717) is 18.0 Å². The molecule has 1 atom stereocenters. The number of anilines is 1. The lowest BCUT2D eigenvalue weighted by Gasteiger charge is -2.29. The van der Waals surface area contributed by atoms with E-state index in [9.17, 15) is 4.79 Å². The fourth-order valence-corrected chi connectivity index (χ4v) is 12.3. The molecular weight excluding hydrogens is 630 g/mol. The Labute approximate surface area is 296 Å². The third-order valence-corrected chi connectivity index (χ3v) is 14.7. The smallest absolute Gasteiger partial charge is 0.246 e. The number of amides is 1. The minimum Gasteiger partial charge on any atom is -0.354 e. The van der Waals surface area contributed by atoms with Crippen LogP contribution in [0.4, 0.5) is 5.69 Å². The number of hydrogen-bond acceptors (Lipinski definition) is 2. The molecule has 5 nitrogen and oxygen atoms in total. The van der Waals surface area contributed by atoms with E-state index in [4.69, 9.17) is 4.99 Å². The van der Waals surface area contributed by atoms with Crippen LogP contribution < -0.4 is 16.0 Å². The first kappa shape index (κ1) is 43.0. The first-order valence-corrected chi connectivity index (χ1v) is 21.2. The fourth-order valence-electron chi connectivity index (χ4n) is 7.18. The number of guanidine groups is 1. The van der Waals surface area contributed by atoms with E-state index < -0.39 is 7.26 Å². The average Bonchev–Trinajstić information content (AvgIpc) is 3.03. The van der Waals surface area contributed by atoms with Gasteiger partial charge in [-0.1, -0.05) is 105 Å². The minimum atomic E-state index is -1.01. The molecule has 2 saturated carbocycles. The summed E-state index contributed by atoms with van der Waals surface area (Å²) >= 11 is 0.